The third-order valence-corrected chi connectivity index (χ3v) is 5.71. The molecule has 6 nitrogen and oxygen atoms in total. The summed E-state index contributed by atoms with van der Waals surface area (Å²) in [5.41, 5.74) is 3.20. The quantitative estimate of drug-likeness (QED) is 0.825. The Bertz CT molecular complexity index is 756. The first kappa shape index (κ1) is 21.6. The van der Waals surface area contributed by atoms with Gasteiger partial charge in [-0.05, 0) is 77.0 Å². The highest BCUT2D eigenvalue weighted by molar-refractivity contribution is 5.82. The van der Waals surface area contributed by atoms with Crippen LogP contribution in [0.5, 0.6) is 0 Å². The number of likely N-dealkylation sites (tertiary alicyclic amines) is 1. The Kier molecular flexibility index (Phi) is 6.52. The molecule has 1 unspecified atom stereocenters. The summed E-state index contributed by atoms with van der Waals surface area (Å²) in [5, 5.41) is 2.75. The van der Waals surface area contributed by atoms with Crippen LogP contribution in [0.2, 0.25) is 0 Å². The molecule has 1 N–H and O–H groups in total. The molecule has 0 spiro atoms. The molecule has 1 aromatic rings. The van der Waals surface area contributed by atoms with Gasteiger partial charge in [-0.25, -0.2) is 4.79 Å². The molecule has 2 heterocycles. The molecule has 2 aliphatic rings. The highest BCUT2D eigenvalue weighted by atomic mass is 16.6. The molecule has 0 saturated carbocycles. The zero-order valence-corrected chi connectivity index (χ0v) is 18.3. The van der Waals surface area contributed by atoms with Crippen molar-refractivity contribution >= 4 is 12.0 Å². The second-order valence-corrected chi connectivity index (χ2v) is 9.24. The van der Waals surface area contributed by atoms with E-state index in [-0.39, 0.29) is 18.1 Å². The van der Waals surface area contributed by atoms with Gasteiger partial charge in [0.25, 0.3) is 5.91 Å². The predicted molar refractivity (Wildman–Crippen MR) is 112 cm³/mol. The van der Waals surface area contributed by atoms with E-state index in [1.165, 1.54) is 16.7 Å². The van der Waals surface area contributed by atoms with E-state index < -0.39 is 17.8 Å². The Morgan fingerprint density at radius 3 is 2.62 bits per heavy atom. The number of hydrogen-bond acceptors (Lipinski definition) is 4. The van der Waals surface area contributed by atoms with E-state index in [1.54, 1.807) is 0 Å². The lowest BCUT2D eigenvalue weighted by Crippen LogP contribution is -2.40. The topological polar surface area (TPSA) is 67.9 Å². The number of amides is 2. The van der Waals surface area contributed by atoms with Gasteiger partial charge in [-0.3, -0.25) is 4.79 Å². The summed E-state index contributed by atoms with van der Waals surface area (Å²) in [4.78, 5) is 27.0. The van der Waals surface area contributed by atoms with Crippen molar-refractivity contribution in [3.8, 4) is 0 Å². The van der Waals surface area contributed by atoms with Crippen LogP contribution in [0, 0.1) is 13.8 Å². The molecule has 0 bridgehead atoms. The van der Waals surface area contributed by atoms with Crippen molar-refractivity contribution in [3.05, 3.63) is 34.9 Å². The molecule has 1 aromatic carbocycles. The van der Waals surface area contributed by atoms with Crippen LogP contribution in [-0.4, -0.2) is 47.8 Å². The number of carbonyl (C=O) groups excluding carboxylic acids is 2. The van der Waals surface area contributed by atoms with E-state index in [4.69, 9.17) is 9.47 Å². The van der Waals surface area contributed by atoms with Gasteiger partial charge in [-0.2, -0.15) is 0 Å². The van der Waals surface area contributed by atoms with Crippen LogP contribution in [0.15, 0.2) is 18.2 Å². The molecule has 3 atom stereocenters. The lowest BCUT2D eigenvalue weighted by atomic mass is 9.99. The average Bonchev–Trinajstić information content (AvgIpc) is 3.30. The van der Waals surface area contributed by atoms with Crippen molar-refractivity contribution in [2.24, 2.45) is 0 Å². The first-order chi connectivity index (χ1) is 13.6. The van der Waals surface area contributed by atoms with Gasteiger partial charge in [0, 0.05) is 13.1 Å². The molecule has 3 rings (SSSR count). The second-order valence-electron chi connectivity index (χ2n) is 9.24. The molecule has 2 amide bonds. The van der Waals surface area contributed by atoms with Gasteiger partial charge in [-0.15, -0.1) is 0 Å². The van der Waals surface area contributed by atoms with Crippen LogP contribution in [0.1, 0.15) is 69.2 Å². The van der Waals surface area contributed by atoms with E-state index >= 15 is 0 Å². The number of rotatable bonds is 4. The minimum absolute atomic E-state index is 0.0745. The van der Waals surface area contributed by atoms with Crippen molar-refractivity contribution in [2.75, 3.05) is 13.1 Å². The number of benzene rings is 1. The van der Waals surface area contributed by atoms with Gasteiger partial charge in [0.2, 0.25) is 0 Å². The van der Waals surface area contributed by atoms with Crippen molar-refractivity contribution in [1.29, 1.82) is 0 Å². The lowest BCUT2D eigenvalue weighted by Gasteiger charge is -2.28. The van der Waals surface area contributed by atoms with Gasteiger partial charge < -0.3 is 19.7 Å². The van der Waals surface area contributed by atoms with Crippen LogP contribution in [0.3, 0.4) is 0 Å². The number of nitrogens with zero attached hydrogens (tertiary/aromatic N) is 1. The first-order valence-corrected chi connectivity index (χ1v) is 10.6. The molecule has 2 saturated heterocycles. The molecule has 29 heavy (non-hydrogen) atoms. The fourth-order valence-electron chi connectivity index (χ4n) is 4.08. The molecular formula is C23H34N2O4. The van der Waals surface area contributed by atoms with Gasteiger partial charge >= 0.3 is 6.09 Å². The molecule has 6 heteroatoms. The molecule has 0 aromatic heterocycles. The van der Waals surface area contributed by atoms with Crippen molar-refractivity contribution in [3.63, 3.8) is 0 Å². The Hall–Kier alpha value is -2.08. The summed E-state index contributed by atoms with van der Waals surface area (Å²) in [5.74, 6) is 0.0745. The Morgan fingerprint density at radius 2 is 1.93 bits per heavy atom. The third kappa shape index (κ3) is 5.50. The zero-order chi connectivity index (χ0) is 21.2. The Morgan fingerprint density at radius 1 is 1.17 bits per heavy atom. The molecule has 160 valence electrons. The maximum atomic E-state index is 13.1. The standard InChI is InChI=1S/C23H34N2O4/c1-15-8-9-17(13-16(15)2)19-7-6-12-25(19)21(26)20-11-10-18(28-20)14-24-22(27)29-23(3,4)5/h8-9,13,18-20H,6-7,10-12,14H2,1-5H3,(H,24,27)/t18-,19?,20+/m1/s1. The minimum atomic E-state index is -0.530. The summed E-state index contributed by atoms with van der Waals surface area (Å²) in [7, 11) is 0. The van der Waals surface area contributed by atoms with Crippen LogP contribution >= 0.6 is 0 Å². The van der Waals surface area contributed by atoms with E-state index in [0.717, 1.165) is 25.8 Å². The Labute approximate surface area is 173 Å². The number of ether oxygens (including phenoxy) is 2. The van der Waals surface area contributed by atoms with Crippen LogP contribution < -0.4 is 5.32 Å². The maximum absolute atomic E-state index is 13.1. The number of nitrogens with one attached hydrogen (secondary N) is 1. The molecule has 2 fully saturated rings. The van der Waals surface area contributed by atoms with Crippen molar-refractivity contribution in [1.82, 2.24) is 10.2 Å². The minimum Gasteiger partial charge on any atom is -0.444 e. The number of alkyl carbamates (subject to hydrolysis) is 1. The van der Waals surface area contributed by atoms with Gasteiger partial charge in [0.15, 0.2) is 0 Å². The van der Waals surface area contributed by atoms with Crippen molar-refractivity contribution < 1.29 is 19.1 Å². The molecular weight excluding hydrogens is 368 g/mol. The fraction of sp³-hybridized carbons (Fsp3) is 0.652. The van der Waals surface area contributed by atoms with E-state index in [1.807, 2.05) is 25.7 Å². The monoisotopic (exact) mass is 402 g/mol. The summed E-state index contributed by atoms with van der Waals surface area (Å²) in [6.07, 6.45) is 2.42. The summed E-state index contributed by atoms with van der Waals surface area (Å²) < 4.78 is 11.2. The number of carbonyl (C=O) groups is 2. The van der Waals surface area contributed by atoms with Gasteiger partial charge in [0.1, 0.15) is 11.7 Å². The normalized spacial score (nSPS) is 24.6. The zero-order valence-electron chi connectivity index (χ0n) is 18.3. The summed E-state index contributed by atoms with van der Waals surface area (Å²) in [6, 6.07) is 6.61. The number of hydrogen-bond donors (Lipinski definition) is 1. The molecule has 0 radical (unpaired) electrons. The van der Waals surface area contributed by atoms with Gasteiger partial charge in [-0.1, -0.05) is 18.2 Å². The first-order valence-electron chi connectivity index (χ1n) is 10.6. The van der Waals surface area contributed by atoms with E-state index in [0.29, 0.717) is 13.0 Å². The van der Waals surface area contributed by atoms with Crippen LogP contribution in [-0.2, 0) is 14.3 Å². The smallest absolute Gasteiger partial charge is 0.407 e. The molecule has 0 aliphatic carbocycles. The van der Waals surface area contributed by atoms with E-state index in [2.05, 4.69) is 37.4 Å². The van der Waals surface area contributed by atoms with Crippen LogP contribution in [0.4, 0.5) is 4.79 Å². The fourth-order valence-corrected chi connectivity index (χ4v) is 4.08. The number of aryl methyl sites for hydroxylation is 2. The lowest BCUT2D eigenvalue weighted by molar-refractivity contribution is -0.143. The third-order valence-electron chi connectivity index (χ3n) is 5.71. The van der Waals surface area contributed by atoms with Gasteiger partial charge in [0.05, 0.1) is 12.1 Å². The molecule has 2 aliphatic heterocycles. The van der Waals surface area contributed by atoms with Crippen LogP contribution in [0.25, 0.3) is 0 Å². The highest BCUT2D eigenvalue weighted by Gasteiger charge is 2.38. The SMILES string of the molecule is Cc1ccc(C2CCCN2C(=O)[C@@H]2CC[C@H](CNC(=O)OC(C)(C)C)O2)cc1C. The maximum Gasteiger partial charge on any atom is 0.407 e. The van der Waals surface area contributed by atoms with Crippen molar-refractivity contribution in [2.45, 2.75) is 84.2 Å². The average molecular weight is 403 g/mol. The summed E-state index contributed by atoms with van der Waals surface area (Å²) in [6.45, 7) is 10.8. The Balaban J connectivity index is 1.55. The highest BCUT2D eigenvalue weighted by Crippen LogP contribution is 2.35. The summed E-state index contributed by atoms with van der Waals surface area (Å²) >= 11 is 0. The van der Waals surface area contributed by atoms with E-state index in [9.17, 15) is 9.59 Å². The second kappa shape index (κ2) is 8.74. The largest absolute Gasteiger partial charge is 0.444 e. The predicted octanol–water partition coefficient (Wildman–Crippen LogP) is 4.04.